The Labute approximate surface area is 176 Å². The largest absolute Gasteiger partial charge is 0.516 e. The number of anilines is 1. The third kappa shape index (κ3) is 4.84. The Morgan fingerprint density at radius 3 is 2.43 bits per heavy atom. The zero-order chi connectivity index (χ0) is 22.1. The van der Waals surface area contributed by atoms with Crippen molar-refractivity contribution in [2.24, 2.45) is 0 Å². The Morgan fingerprint density at radius 2 is 1.83 bits per heavy atom. The minimum absolute atomic E-state index is 0.214. The van der Waals surface area contributed by atoms with E-state index in [2.05, 4.69) is 5.32 Å². The Hall–Kier alpha value is -2.81. The van der Waals surface area contributed by atoms with Crippen LogP contribution >= 0.6 is 0 Å². The number of carbonyl (C=O) groups is 3. The van der Waals surface area contributed by atoms with E-state index in [1.807, 2.05) is 37.2 Å². The van der Waals surface area contributed by atoms with E-state index < -0.39 is 29.5 Å². The van der Waals surface area contributed by atoms with E-state index in [4.69, 9.17) is 14.2 Å². The molecule has 2 heterocycles. The second kappa shape index (κ2) is 8.14. The molecular formula is C21H29N3O6. The van der Waals surface area contributed by atoms with Gasteiger partial charge in [-0.05, 0) is 57.0 Å². The molecular weight excluding hydrogens is 390 g/mol. The van der Waals surface area contributed by atoms with Crippen LogP contribution in [0.15, 0.2) is 18.2 Å². The molecule has 0 saturated carbocycles. The van der Waals surface area contributed by atoms with Crippen molar-refractivity contribution < 1.29 is 28.6 Å². The van der Waals surface area contributed by atoms with Gasteiger partial charge in [0.05, 0.1) is 0 Å². The van der Waals surface area contributed by atoms with E-state index in [1.54, 1.807) is 20.8 Å². The smallest absolute Gasteiger partial charge is 0.428 e. The molecule has 3 rings (SSSR count). The summed E-state index contributed by atoms with van der Waals surface area (Å²) in [4.78, 5) is 40.9. The highest BCUT2D eigenvalue weighted by Crippen LogP contribution is 2.30. The molecule has 1 saturated heterocycles. The second-order valence-corrected chi connectivity index (χ2v) is 8.78. The summed E-state index contributed by atoms with van der Waals surface area (Å²) in [6, 6.07) is 6.01. The predicted molar refractivity (Wildman–Crippen MR) is 109 cm³/mol. The van der Waals surface area contributed by atoms with E-state index in [0.717, 1.165) is 16.8 Å². The van der Waals surface area contributed by atoms with Gasteiger partial charge in [0.15, 0.2) is 0 Å². The number of benzene rings is 1. The lowest BCUT2D eigenvalue weighted by atomic mass is 10.1. The molecule has 1 fully saturated rings. The van der Waals surface area contributed by atoms with Crippen LogP contribution in [0.25, 0.3) is 0 Å². The molecule has 2 aliphatic heterocycles. The van der Waals surface area contributed by atoms with Crippen molar-refractivity contribution in [3.63, 3.8) is 0 Å². The third-order valence-corrected chi connectivity index (χ3v) is 4.96. The number of esters is 1. The van der Waals surface area contributed by atoms with Gasteiger partial charge in [0.25, 0.3) is 5.72 Å². The molecule has 0 spiro atoms. The van der Waals surface area contributed by atoms with Crippen LogP contribution in [0.1, 0.15) is 44.7 Å². The first kappa shape index (κ1) is 21.9. The molecule has 1 aromatic carbocycles. The molecule has 0 aliphatic carbocycles. The highest BCUT2D eigenvalue weighted by molar-refractivity contribution is 5.89. The maximum Gasteiger partial charge on any atom is 0.516 e. The summed E-state index contributed by atoms with van der Waals surface area (Å²) in [7, 11) is 3.91. The SMILES string of the molecule is CN(C)c1ccc2c(c1)CN(C(=O)O[C@@]1(C(=O)OC(=O)OC(C)(C)C)CCCN1)C2. The molecule has 1 N–H and O–H groups in total. The number of rotatable bonds is 3. The quantitative estimate of drug-likeness (QED) is 0.590. The van der Waals surface area contributed by atoms with Crippen LogP contribution in [0, 0.1) is 0 Å². The van der Waals surface area contributed by atoms with Gasteiger partial charge in [-0.3, -0.25) is 10.2 Å². The van der Waals surface area contributed by atoms with Crippen molar-refractivity contribution in [1.29, 1.82) is 0 Å². The van der Waals surface area contributed by atoms with Crippen LogP contribution in [-0.4, -0.2) is 55.1 Å². The molecule has 9 nitrogen and oxygen atoms in total. The van der Waals surface area contributed by atoms with Crippen LogP contribution in [0.2, 0.25) is 0 Å². The first-order chi connectivity index (χ1) is 14.0. The summed E-state index contributed by atoms with van der Waals surface area (Å²) in [6.07, 6.45) is -0.954. The summed E-state index contributed by atoms with van der Waals surface area (Å²) >= 11 is 0. The first-order valence-electron chi connectivity index (χ1n) is 9.96. The highest BCUT2D eigenvalue weighted by Gasteiger charge is 2.49. The Morgan fingerprint density at radius 1 is 1.13 bits per heavy atom. The fraction of sp³-hybridized carbons (Fsp3) is 0.571. The molecule has 1 aromatic rings. The normalized spacial score (nSPS) is 20.5. The Kier molecular flexibility index (Phi) is 5.94. The van der Waals surface area contributed by atoms with Gasteiger partial charge in [0, 0.05) is 39.3 Å². The van der Waals surface area contributed by atoms with Crippen molar-refractivity contribution >= 4 is 23.9 Å². The zero-order valence-corrected chi connectivity index (χ0v) is 18.1. The molecule has 2 aliphatic rings. The molecule has 0 aromatic heterocycles. The van der Waals surface area contributed by atoms with Crippen LogP contribution in [0.5, 0.6) is 0 Å². The fourth-order valence-corrected chi connectivity index (χ4v) is 3.45. The molecule has 1 atom stereocenters. The van der Waals surface area contributed by atoms with Crippen molar-refractivity contribution in [2.45, 2.75) is 58.0 Å². The van der Waals surface area contributed by atoms with Gasteiger partial charge in [-0.25, -0.2) is 14.4 Å². The number of fused-ring (bicyclic) bond motifs is 1. The summed E-state index contributed by atoms with van der Waals surface area (Å²) in [5, 5.41) is 2.88. The standard InChI is InChI=1S/C21H29N3O6/c1-20(2,3)30-19(27)28-17(25)21(9-6-10-22-21)29-18(26)24-12-14-7-8-16(23(4)5)11-15(14)13-24/h7-8,11,22H,6,9-10,12-13H2,1-5H3/t21-/m1/s1. The summed E-state index contributed by atoms with van der Waals surface area (Å²) in [5.74, 6) is -0.978. The number of hydrogen-bond donors (Lipinski definition) is 1. The van der Waals surface area contributed by atoms with Gasteiger partial charge in [0.1, 0.15) is 5.60 Å². The van der Waals surface area contributed by atoms with Gasteiger partial charge in [-0.1, -0.05) is 6.07 Å². The van der Waals surface area contributed by atoms with Crippen molar-refractivity contribution in [3.8, 4) is 0 Å². The van der Waals surface area contributed by atoms with Crippen molar-refractivity contribution in [1.82, 2.24) is 10.2 Å². The van der Waals surface area contributed by atoms with Crippen molar-refractivity contribution in [2.75, 3.05) is 25.5 Å². The maximum atomic E-state index is 12.8. The predicted octanol–water partition coefficient (Wildman–Crippen LogP) is 2.76. The Balaban J connectivity index is 1.67. The van der Waals surface area contributed by atoms with Gasteiger partial charge in [-0.15, -0.1) is 0 Å². The van der Waals surface area contributed by atoms with E-state index in [-0.39, 0.29) is 6.42 Å². The van der Waals surface area contributed by atoms with E-state index in [0.29, 0.717) is 26.1 Å². The second-order valence-electron chi connectivity index (χ2n) is 8.78. The minimum Gasteiger partial charge on any atom is -0.428 e. The number of nitrogens with one attached hydrogen (secondary N) is 1. The number of amides is 1. The lowest BCUT2D eigenvalue weighted by Crippen LogP contribution is -2.54. The zero-order valence-electron chi connectivity index (χ0n) is 18.1. The average molecular weight is 419 g/mol. The molecule has 0 radical (unpaired) electrons. The number of nitrogens with zero attached hydrogens (tertiary/aromatic N) is 2. The fourth-order valence-electron chi connectivity index (χ4n) is 3.45. The highest BCUT2D eigenvalue weighted by atomic mass is 16.8. The summed E-state index contributed by atoms with van der Waals surface area (Å²) < 4.78 is 15.4. The molecule has 0 unspecified atom stereocenters. The number of ether oxygens (including phenoxy) is 3. The average Bonchev–Trinajstić information content (AvgIpc) is 3.26. The number of hydrogen-bond acceptors (Lipinski definition) is 8. The monoisotopic (exact) mass is 419 g/mol. The van der Waals surface area contributed by atoms with Gasteiger partial charge >= 0.3 is 18.2 Å². The summed E-state index contributed by atoms with van der Waals surface area (Å²) in [6.45, 7) is 6.22. The van der Waals surface area contributed by atoms with Crippen LogP contribution in [0.3, 0.4) is 0 Å². The molecule has 0 bridgehead atoms. The number of carbonyl (C=O) groups excluding carboxylic acids is 3. The third-order valence-electron chi connectivity index (χ3n) is 4.96. The lowest BCUT2D eigenvalue weighted by Gasteiger charge is -2.29. The van der Waals surface area contributed by atoms with Gasteiger partial charge < -0.3 is 19.1 Å². The molecule has 9 heteroatoms. The lowest BCUT2D eigenvalue weighted by molar-refractivity contribution is -0.165. The van der Waals surface area contributed by atoms with E-state index in [1.165, 1.54) is 4.90 Å². The molecule has 30 heavy (non-hydrogen) atoms. The van der Waals surface area contributed by atoms with E-state index in [9.17, 15) is 14.4 Å². The topological polar surface area (TPSA) is 97.4 Å². The first-order valence-corrected chi connectivity index (χ1v) is 9.96. The van der Waals surface area contributed by atoms with Crippen LogP contribution < -0.4 is 10.2 Å². The molecule has 1 amide bonds. The molecule has 164 valence electrons. The maximum absolute atomic E-state index is 12.8. The van der Waals surface area contributed by atoms with Gasteiger partial charge in [-0.2, -0.15) is 0 Å². The van der Waals surface area contributed by atoms with Crippen LogP contribution in [-0.2, 0) is 32.1 Å². The van der Waals surface area contributed by atoms with Crippen LogP contribution in [0.4, 0.5) is 15.3 Å². The minimum atomic E-state index is -1.70. The van der Waals surface area contributed by atoms with Gasteiger partial charge in [0.2, 0.25) is 0 Å². The Bertz CT molecular complexity index is 840. The van der Waals surface area contributed by atoms with Crippen molar-refractivity contribution in [3.05, 3.63) is 29.3 Å². The summed E-state index contributed by atoms with van der Waals surface area (Å²) in [5.41, 5.74) is 0.596. The van der Waals surface area contributed by atoms with E-state index >= 15 is 0 Å².